The number of rotatable bonds is 7. The summed E-state index contributed by atoms with van der Waals surface area (Å²) in [4.78, 5) is 15.7. The van der Waals surface area contributed by atoms with Crippen molar-refractivity contribution in [2.75, 3.05) is 18.4 Å². The SMILES string of the molecule is CC(Oc1ccccc1Cl)C(=O)NCCNc1ccc(C(F)(F)F)cn1. The zero-order chi connectivity index (χ0) is 19.2. The van der Waals surface area contributed by atoms with E-state index in [9.17, 15) is 18.0 Å². The van der Waals surface area contributed by atoms with Crippen molar-refractivity contribution < 1.29 is 22.7 Å². The van der Waals surface area contributed by atoms with Gasteiger partial charge in [0, 0.05) is 19.3 Å². The summed E-state index contributed by atoms with van der Waals surface area (Å²) in [6.45, 7) is 2.13. The van der Waals surface area contributed by atoms with E-state index in [1.807, 2.05) is 0 Å². The molecule has 0 aliphatic carbocycles. The number of alkyl halides is 3. The summed E-state index contributed by atoms with van der Waals surface area (Å²) in [5.74, 6) is 0.351. The fraction of sp³-hybridized carbons (Fsp3) is 0.294. The fourth-order valence-electron chi connectivity index (χ4n) is 1.97. The minimum absolute atomic E-state index is 0.248. The number of aromatic nitrogens is 1. The lowest BCUT2D eigenvalue weighted by atomic mass is 10.3. The molecule has 0 saturated carbocycles. The largest absolute Gasteiger partial charge is 0.479 e. The second kappa shape index (κ2) is 8.75. The lowest BCUT2D eigenvalue weighted by Gasteiger charge is -2.15. The molecule has 140 valence electrons. The number of halogens is 4. The van der Waals surface area contributed by atoms with Crippen molar-refractivity contribution in [3.8, 4) is 5.75 Å². The smallest absolute Gasteiger partial charge is 0.417 e. The van der Waals surface area contributed by atoms with Gasteiger partial charge in [-0.05, 0) is 31.2 Å². The van der Waals surface area contributed by atoms with Crippen LogP contribution in [-0.2, 0) is 11.0 Å². The zero-order valence-electron chi connectivity index (χ0n) is 13.8. The Labute approximate surface area is 153 Å². The number of hydrogen-bond donors (Lipinski definition) is 2. The third kappa shape index (κ3) is 5.80. The molecule has 2 aromatic rings. The van der Waals surface area contributed by atoms with Gasteiger partial charge in [0.1, 0.15) is 11.6 Å². The third-order valence-corrected chi connectivity index (χ3v) is 3.64. The Morgan fingerprint density at radius 2 is 1.96 bits per heavy atom. The van der Waals surface area contributed by atoms with Crippen molar-refractivity contribution in [3.63, 3.8) is 0 Å². The standard InChI is InChI=1S/C17H17ClF3N3O2/c1-11(26-14-5-3-2-4-13(14)18)16(25)23-9-8-22-15-7-6-12(10-24-15)17(19,20)21/h2-7,10-11H,8-9H2,1H3,(H,22,24)(H,23,25). The summed E-state index contributed by atoms with van der Waals surface area (Å²) in [6, 6.07) is 8.97. The van der Waals surface area contributed by atoms with Crippen LogP contribution in [0.3, 0.4) is 0 Å². The van der Waals surface area contributed by atoms with Gasteiger partial charge in [-0.1, -0.05) is 23.7 Å². The van der Waals surface area contributed by atoms with E-state index < -0.39 is 17.8 Å². The maximum atomic E-state index is 12.4. The zero-order valence-corrected chi connectivity index (χ0v) is 14.6. The Bertz CT molecular complexity index is 739. The summed E-state index contributed by atoms with van der Waals surface area (Å²) in [6.07, 6.45) is -4.42. The van der Waals surface area contributed by atoms with Crippen molar-refractivity contribution in [1.82, 2.24) is 10.3 Å². The first-order valence-electron chi connectivity index (χ1n) is 7.73. The van der Waals surface area contributed by atoms with Crippen LogP contribution in [0, 0.1) is 0 Å². The first-order chi connectivity index (χ1) is 12.3. The van der Waals surface area contributed by atoms with Gasteiger partial charge in [0.25, 0.3) is 5.91 Å². The van der Waals surface area contributed by atoms with E-state index in [0.29, 0.717) is 17.3 Å². The van der Waals surface area contributed by atoms with E-state index in [2.05, 4.69) is 15.6 Å². The van der Waals surface area contributed by atoms with E-state index >= 15 is 0 Å². The first-order valence-corrected chi connectivity index (χ1v) is 8.11. The molecule has 0 aliphatic rings. The molecule has 0 spiro atoms. The molecule has 0 aliphatic heterocycles. The monoisotopic (exact) mass is 387 g/mol. The van der Waals surface area contributed by atoms with E-state index in [4.69, 9.17) is 16.3 Å². The van der Waals surface area contributed by atoms with Crippen LogP contribution in [0.25, 0.3) is 0 Å². The minimum atomic E-state index is -4.42. The van der Waals surface area contributed by atoms with Crippen molar-refractivity contribution in [1.29, 1.82) is 0 Å². The number of nitrogens with zero attached hydrogens (tertiary/aromatic N) is 1. The summed E-state index contributed by atoms with van der Waals surface area (Å²) >= 11 is 5.96. The third-order valence-electron chi connectivity index (χ3n) is 3.33. The van der Waals surface area contributed by atoms with Gasteiger partial charge in [-0.25, -0.2) is 4.98 Å². The lowest BCUT2D eigenvalue weighted by molar-refractivity contribution is -0.137. The number of amides is 1. The topological polar surface area (TPSA) is 63.2 Å². The highest BCUT2D eigenvalue weighted by molar-refractivity contribution is 6.32. The van der Waals surface area contributed by atoms with E-state index in [1.165, 1.54) is 6.07 Å². The average molecular weight is 388 g/mol. The number of anilines is 1. The van der Waals surface area contributed by atoms with Crippen LogP contribution in [0.5, 0.6) is 5.75 Å². The molecule has 0 bridgehead atoms. The van der Waals surface area contributed by atoms with Gasteiger partial charge in [0.2, 0.25) is 0 Å². The molecule has 5 nitrogen and oxygen atoms in total. The second-order valence-electron chi connectivity index (χ2n) is 5.34. The fourth-order valence-corrected chi connectivity index (χ4v) is 2.15. The summed E-state index contributed by atoms with van der Waals surface area (Å²) in [5.41, 5.74) is -0.818. The molecule has 1 amide bonds. The predicted octanol–water partition coefficient (Wildman–Crippen LogP) is 3.75. The van der Waals surface area contributed by atoms with Crippen molar-refractivity contribution in [2.24, 2.45) is 0 Å². The first kappa shape index (κ1) is 19.8. The molecule has 1 heterocycles. The lowest BCUT2D eigenvalue weighted by Crippen LogP contribution is -2.38. The Morgan fingerprint density at radius 1 is 1.23 bits per heavy atom. The van der Waals surface area contributed by atoms with Crippen molar-refractivity contribution >= 4 is 23.3 Å². The number of carbonyl (C=O) groups is 1. The van der Waals surface area contributed by atoms with Crippen LogP contribution in [0.4, 0.5) is 19.0 Å². The molecule has 2 N–H and O–H groups in total. The summed E-state index contributed by atoms with van der Waals surface area (Å²) in [7, 11) is 0. The Kier molecular flexibility index (Phi) is 6.68. The van der Waals surface area contributed by atoms with Crippen LogP contribution < -0.4 is 15.4 Å². The van der Waals surface area contributed by atoms with E-state index in [-0.39, 0.29) is 18.3 Å². The van der Waals surface area contributed by atoms with Crippen LogP contribution >= 0.6 is 11.6 Å². The number of nitrogens with one attached hydrogen (secondary N) is 2. The summed E-state index contributed by atoms with van der Waals surface area (Å²) < 4.78 is 42.8. The van der Waals surface area contributed by atoms with Crippen LogP contribution in [0.15, 0.2) is 42.6 Å². The van der Waals surface area contributed by atoms with Crippen LogP contribution in [0.1, 0.15) is 12.5 Å². The molecule has 0 radical (unpaired) electrons. The number of benzene rings is 1. The van der Waals surface area contributed by atoms with E-state index in [0.717, 1.165) is 12.3 Å². The Morgan fingerprint density at radius 3 is 2.58 bits per heavy atom. The maximum Gasteiger partial charge on any atom is 0.417 e. The molecule has 2 rings (SSSR count). The highest BCUT2D eigenvalue weighted by atomic mass is 35.5. The van der Waals surface area contributed by atoms with Gasteiger partial charge < -0.3 is 15.4 Å². The summed E-state index contributed by atoms with van der Waals surface area (Å²) in [5, 5.41) is 5.88. The van der Waals surface area contributed by atoms with Gasteiger partial charge in [-0.3, -0.25) is 4.79 Å². The van der Waals surface area contributed by atoms with Crippen LogP contribution in [0.2, 0.25) is 5.02 Å². The molecule has 1 aromatic carbocycles. The van der Waals surface area contributed by atoms with Gasteiger partial charge in [-0.2, -0.15) is 13.2 Å². The quantitative estimate of drug-likeness (QED) is 0.710. The molecule has 9 heteroatoms. The van der Waals surface area contributed by atoms with Gasteiger partial charge in [0.05, 0.1) is 10.6 Å². The van der Waals surface area contributed by atoms with Gasteiger partial charge >= 0.3 is 6.18 Å². The number of para-hydroxylation sites is 1. The van der Waals surface area contributed by atoms with Crippen molar-refractivity contribution in [2.45, 2.75) is 19.2 Å². The highest BCUT2D eigenvalue weighted by Gasteiger charge is 2.30. The van der Waals surface area contributed by atoms with E-state index in [1.54, 1.807) is 31.2 Å². The molecule has 1 unspecified atom stereocenters. The predicted molar refractivity (Wildman–Crippen MR) is 92.3 cm³/mol. The molecular formula is C17H17ClF3N3O2. The second-order valence-corrected chi connectivity index (χ2v) is 5.75. The normalized spacial score (nSPS) is 12.3. The van der Waals surface area contributed by atoms with Crippen molar-refractivity contribution in [3.05, 3.63) is 53.2 Å². The minimum Gasteiger partial charge on any atom is -0.479 e. The molecular weight excluding hydrogens is 371 g/mol. The number of pyridine rings is 1. The molecule has 1 atom stereocenters. The Hall–Kier alpha value is -2.48. The molecule has 26 heavy (non-hydrogen) atoms. The number of ether oxygens (including phenoxy) is 1. The molecule has 0 saturated heterocycles. The van der Waals surface area contributed by atoms with Gasteiger partial charge in [0.15, 0.2) is 6.10 Å². The number of hydrogen-bond acceptors (Lipinski definition) is 4. The molecule has 1 aromatic heterocycles. The Balaban J connectivity index is 1.73. The average Bonchev–Trinajstić information content (AvgIpc) is 2.60. The van der Waals surface area contributed by atoms with Gasteiger partial charge in [-0.15, -0.1) is 0 Å². The highest BCUT2D eigenvalue weighted by Crippen LogP contribution is 2.28. The number of carbonyl (C=O) groups excluding carboxylic acids is 1. The van der Waals surface area contributed by atoms with Crippen LogP contribution in [-0.4, -0.2) is 30.1 Å². The maximum absolute atomic E-state index is 12.4. The molecule has 0 fully saturated rings.